The monoisotopic (exact) mass is 267 g/mol. The van der Waals surface area contributed by atoms with Crippen molar-refractivity contribution in [1.29, 1.82) is 0 Å². The number of hydrogen-bond donors (Lipinski definition) is 1. The van der Waals surface area contributed by atoms with Gasteiger partial charge in [0.25, 0.3) is 0 Å². The van der Waals surface area contributed by atoms with Gasteiger partial charge in [0, 0.05) is 6.04 Å². The molecule has 3 fully saturated rings. The zero-order valence-electron chi connectivity index (χ0n) is 12.3. The molecule has 1 saturated heterocycles. The SMILES string of the molecule is CCCNC(CC1CC2CCC1C2)C1COCCO1. The van der Waals surface area contributed by atoms with E-state index in [0.717, 1.165) is 44.1 Å². The molecule has 1 N–H and O–H groups in total. The minimum atomic E-state index is 0.277. The highest BCUT2D eigenvalue weighted by Gasteiger charge is 2.41. The molecule has 0 aromatic heterocycles. The first-order valence-corrected chi connectivity index (χ1v) is 8.29. The Balaban J connectivity index is 1.55. The van der Waals surface area contributed by atoms with Crippen LogP contribution in [0.5, 0.6) is 0 Å². The fourth-order valence-corrected chi connectivity index (χ4v) is 4.43. The van der Waals surface area contributed by atoms with E-state index in [0.29, 0.717) is 6.04 Å². The average Bonchev–Trinajstić information content (AvgIpc) is 3.07. The second-order valence-corrected chi connectivity index (χ2v) is 6.72. The third-order valence-electron chi connectivity index (χ3n) is 5.39. The van der Waals surface area contributed by atoms with Gasteiger partial charge in [-0.3, -0.25) is 0 Å². The Labute approximate surface area is 117 Å². The van der Waals surface area contributed by atoms with Gasteiger partial charge in [-0.25, -0.2) is 0 Å². The summed E-state index contributed by atoms with van der Waals surface area (Å²) < 4.78 is 11.5. The van der Waals surface area contributed by atoms with Gasteiger partial charge in [-0.15, -0.1) is 0 Å². The van der Waals surface area contributed by atoms with Gasteiger partial charge in [0.1, 0.15) is 0 Å². The van der Waals surface area contributed by atoms with E-state index in [9.17, 15) is 0 Å². The summed E-state index contributed by atoms with van der Waals surface area (Å²) in [4.78, 5) is 0. The molecule has 1 aliphatic heterocycles. The maximum Gasteiger partial charge on any atom is 0.0962 e. The van der Waals surface area contributed by atoms with Crippen LogP contribution in [0.2, 0.25) is 0 Å². The lowest BCUT2D eigenvalue weighted by atomic mass is 9.83. The molecule has 0 aromatic rings. The molecule has 5 unspecified atom stereocenters. The lowest BCUT2D eigenvalue weighted by Gasteiger charge is -2.34. The Morgan fingerprint density at radius 1 is 1.21 bits per heavy atom. The van der Waals surface area contributed by atoms with Gasteiger partial charge >= 0.3 is 0 Å². The maximum atomic E-state index is 5.94. The second kappa shape index (κ2) is 6.55. The summed E-state index contributed by atoms with van der Waals surface area (Å²) in [6.45, 7) is 5.66. The summed E-state index contributed by atoms with van der Waals surface area (Å²) in [5.41, 5.74) is 0. The van der Waals surface area contributed by atoms with E-state index in [4.69, 9.17) is 9.47 Å². The van der Waals surface area contributed by atoms with Crippen molar-refractivity contribution < 1.29 is 9.47 Å². The molecule has 0 radical (unpaired) electrons. The number of rotatable bonds is 6. The minimum absolute atomic E-state index is 0.277. The lowest BCUT2D eigenvalue weighted by Crippen LogP contribution is -2.48. The second-order valence-electron chi connectivity index (χ2n) is 6.72. The van der Waals surface area contributed by atoms with Crippen molar-refractivity contribution in [3.05, 3.63) is 0 Å². The van der Waals surface area contributed by atoms with E-state index in [1.807, 2.05) is 0 Å². The van der Waals surface area contributed by atoms with Crippen LogP contribution in [0.15, 0.2) is 0 Å². The van der Waals surface area contributed by atoms with Gasteiger partial charge < -0.3 is 14.8 Å². The summed E-state index contributed by atoms with van der Waals surface area (Å²) in [5, 5.41) is 3.72. The minimum Gasteiger partial charge on any atom is -0.376 e. The molecule has 110 valence electrons. The van der Waals surface area contributed by atoms with Gasteiger partial charge in [0.2, 0.25) is 0 Å². The molecular formula is C16H29NO2. The molecule has 3 rings (SSSR count). The van der Waals surface area contributed by atoms with Crippen LogP contribution in [0.1, 0.15) is 45.4 Å². The van der Waals surface area contributed by atoms with Gasteiger partial charge in [0.15, 0.2) is 0 Å². The van der Waals surface area contributed by atoms with Crippen LogP contribution in [0.3, 0.4) is 0 Å². The Hall–Kier alpha value is -0.120. The zero-order valence-corrected chi connectivity index (χ0v) is 12.3. The summed E-state index contributed by atoms with van der Waals surface area (Å²) >= 11 is 0. The fourth-order valence-electron chi connectivity index (χ4n) is 4.43. The third-order valence-corrected chi connectivity index (χ3v) is 5.39. The number of hydrogen-bond acceptors (Lipinski definition) is 3. The van der Waals surface area contributed by atoms with Crippen LogP contribution in [0, 0.1) is 17.8 Å². The van der Waals surface area contributed by atoms with E-state index in [-0.39, 0.29) is 6.10 Å². The molecule has 0 spiro atoms. The number of fused-ring (bicyclic) bond motifs is 2. The van der Waals surface area contributed by atoms with Crippen molar-refractivity contribution in [3.63, 3.8) is 0 Å². The molecule has 0 amide bonds. The molecule has 0 aromatic carbocycles. The van der Waals surface area contributed by atoms with Crippen molar-refractivity contribution in [2.75, 3.05) is 26.4 Å². The van der Waals surface area contributed by atoms with Crippen LogP contribution in [0.25, 0.3) is 0 Å². The maximum absolute atomic E-state index is 5.94. The highest BCUT2D eigenvalue weighted by atomic mass is 16.6. The van der Waals surface area contributed by atoms with Crippen LogP contribution < -0.4 is 5.32 Å². The number of nitrogens with one attached hydrogen (secondary N) is 1. The van der Waals surface area contributed by atoms with E-state index in [2.05, 4.69) is 12.2 Å². The Bertz CT molecular complexity index is 278. The van der Waals surface area contributed by atoms with Gasteiger partial charge in [0.05, 0.1) is 25.9 Å². The summed E-state index contributed by atoms with van der Waals surface area (Å²) in [5.74, 6) is 3.00. The van der Waals surface area contributed by atoms with Crippen LogP contribution >= 0.6 is 0 Å². The van der Waals surface area contributed by atoms with Crippen molar-refractivity contribution in [2.24, 2.45) is 17.8 Å². The molecule has 1 heterocycles. The quantitative estimate of drug-likeness (QED) is 0.802. The molecule has 5 atom stereocenters. The zero-order chi connectivity index (χ0) is 13.1. The summed E-state index contributed by atoms with van der Waals surface area (Å²) in [6.07, 6.45) is 8.74. The third kappa shape index (κ3) is 3.32. The normalized spacial score (nSPS) is 39.6. The Morgan fingerprint density at radius 3 is 2.79 bits per heavy atom. The molecule has 3 heteroatoms. The lowest BCUT2D eigenvalue weighted by molar-refractivity contribution is -0.104. The molecule has 19 heavy (non-hydrogen) atoms. The first-order valence-electron chi connectivity index (χ1n) is 8.29. The highest BCUT2D eigenvalue weighted by molar-refractivity contribution is 4.93. The fraction of sp³-hybridized carbons (Fsp3) is 1.00. The van der Waals surface area contributed by atoms with E-state index in [1.165, 1.54) is 38.5 Å². The predicted molar refractivity (Wildman–Crippen MR) is 76.2 cm³/mol. The molecular weight excluding hydrogens is 238 g/mol. The predicted octanol–water partition coefficient (Wildman–Crippen LogP) is 2.60. The molecule has 2 bridgehead atoms. The van der Waals surface area contributed by atoms with E-state index < -0.39 is 0 Å². The first-order chi connectivity index (χ1) is 9.36. The van der Waals surface area contributed by atoms with Crippen LogP contribution in [0.4, 0.5) is 0 Å². The molecule has 3 nitrogen and oxygen atoms in total. The molecule has 3 aliphatic rings. The molecule has 2 aliphatic carbocycles. The van der Waals surface area contributed by atoms with Crippen molar-refractivity contribution in [2.45, 2.75) is 57.6 Å². The van der Waals surface area contributed by atoms with Crippen molar-refractivity contribution in [3.8, 4) is 0 Å². The standard InChI is InChI=1S/C16H29NO2/c1-2-5-17-15(16-11-18-6-7-19-16)10-14-9-12-3-4-13(14)8-12/h12-17H,2-11H2,1H3. The van der Waals surface area contributed by atoms with Gasteiger partial charge in [-0.05, 0) is 56.4 Å². The van der Waals surface area contributed by atoms with E-state index in [1.54, 1.807) is 0 Å². The van der Waals surface area contributed by atoms with Gasteiger partial charge in [-0.1, -0.05) is 13.3 Å². The Kier molecular flexibility index (Phi) is 4.78. The average molecular weight is 267 g/mol. The van der Waals surface area contributed by atoms with Crippen molar-refractivity contribution >= 4 is 0 Å². The van der Waals surface area contributed by atoms with Gasteiger partial charge in [-0.2, -0.15) is 0 Å². The molecule has 2 saturated carbocycles. The summed E-state index contributed by atoms with van der Waals surface area (Å²) in [6, 6.07) is 0.504. The van der Waals surface area contributed by atoms with Crippen molar-refractivity contribution in [1.82, 2.24) is 5.32 Å². The Morgan fingerprint density at radius 2 is 2.16 bits per heavy atom. The first kappa shape index (κ1) is 13.8. The van der Waals surface area contributed by atoms with Crippen LogP contribution in [-0.4, -0.2) is 38.5 Å². The summed E-state index contributed by atoms with van der Waals surface area (Å²) in [7, 11) is 0. The van der Waals surface area contributed by atoms with Crippen LogP contribution in [-0.2, 0) is 9.47 Å². The highest BCUT2D eigenvalue weighted by Crippen LogP contribution is 2.50. The van der Waals surface area contributed by atoms with E-state index >= 15 is 0 Å². The topological polar surface area (TPSA) is 30.5 Å². The smallest absolute Gasteiger partial charge is 0.0962 e. The number of ether oxygens (including phenoxy) is 2. The largest absolute Gasteiger partial charge is 0.376 e.